The van der Waals surface area contributed by atoms with Gasteiger partial charge in [-0.1, -0.05) is 0 Å². The summed E-state index contributed by atoms with van der Waals surface area (Å²) in [6.45, 7) is 0. The molecule has 0 spiro atoms. The summed E-state index contributed by atoms with van der Waals surface area (Å²) in [5.41, 5.74) is -0.0554. The first-order valence-corrected chi connectivity index (χ1v) is 4.47. The Labute approximate surface area is 74.1 Å². The van der Waals surface area contributed by atoms with E-state index in [0.29, 0.717) is 0 Å². The molecule has 0 amide bonds. The van der Waals surface area contributed by atoms with E-state index in [1.165, 1.54) is 18.3 Å². The van der Waals surface area contributed by atoms with Gasteiger partial charge in [0.2, 0.25) is 0 Å². The molecule has 1 aromatic heterocycles. The van der Waals surface area contributed by atoms with Crippen LogP contribution in [0.2, 0.25) is 0 Å². The Balaban J connectivity index is 2.82. The molecule has 0 unspecified atom stereocenters. The topological polar surface area (TPSA) is 93.6 Å². The quantitative estimate of drug-likeness (QED) is 0.682. The van der Waals surface area contributed by atoms with Crippen molar-refractivity contribution in [3.8, 4) is 0 Å². The van der Waals surface area contributed by atoms with Crippen molar-refractivity contribution >= 4 is 16.4 Å². The zero-order valence-corrected chi connectivity index (χ0v) is 7.06. The third-order valence-corrected chi connectivity index (χ3v) is 1.44. The molecule has 1 N–H and O–H groups in total. The molecular weight excluding hydrogens is 198 g/mol. The lowest BCUT2D eigenvalue weighted by Crippen LogP contribution is -2.11. The molecule has 0 bridgehead atoms. The summed E-state index contributed by atoms with van der Waals surface area (Å²) in [6, 6.07) is 2.74. The summed E-state index contributed by atoms with van der Waals surface area (Å²) < 4.78 is 32.0. The van der Waals surface area contributed by atoms with E-state index in [1.807, 2.05) is 0 Å². The normalized spacial score (nSPS) is 10.8. The van der Waals surface area contributed by atoms with E-state index in [-0.39, 0.29) is 5.56 Å². The van der Waals surface area contributed by atoms with Gasteiger partial charge in [0.25, 0.3) is 0 Å². The molecule has 7 heteroatoms. The van der Waals surface area contributed by atoms with Gasteiger partial charge in [-0.15, -0.1) is 0 Å². The number of hydrogen-bond acceptors (Lipinski definition) is 5. The lowest BCUT2D eigenvalue weighted by atomic mass is 10.3. The molecule has 0 aliphatic rings. The zero-order valence-electron chi connectivity index (χ0n) is 6.25. The van der Waals surface area contributed by atoms with E-state index < -0.39 is 16.4 Å². The number of carbonyl (C=O) groups excluding carboxylic acids is 1. The van der Waals surface area contributed by atoms with Gasteiger partial charge in [0.05, 0.1) is 5.56 Å². The minimum Gasteiger partial charge on any atom is -0.320 e. The predicted octanol–water partition coefficient (Wildman–Crippen LogP) is 0.0412. The van der Waals surface area contributed by atoms with Gasteiger partial charge in [-0.2, -0.15) is 8.42 Å². The van der Waals surface area contributed by atoms with E-state index >= 15 is 0 Å². The van der Waals surface area contributed by atoms with Crippen LogP contribution in [0.4, 0.5) is 0 Å². The van der Waals surface area contributed by atoms with E-state index in [9.17, 15) is 13.2 Å². The maximum Gasteiger partial charge on any atom is 0.449 e. The number of carbonyl (C=O) groups is 1. The molecule has 0 atom stereocenters. The minimum absolute atomic E-state index is 0.0554. The molecule has 1 heterocycles. The van der Waals surface area contributed by atoms with Crippen LogP contribution in [0, 0.1) is 0 Å². The lowest BCUT2D eigenvalue weighted by Gasteiger charge is -1.97. The minimum atomic E-state index is -4.75. The van der Waals surface area contributed by atoms with E-state index in [4.69, 9.17) is 4.55 Å². The van der Waals surface area contributed by atoms with E-state index in [1.54, 1.807) is 0 Å². The molecule has 0 aromatic carbocycles. The second-order valence-electron chi connectivity index (χ2n) is 2.04. The summed E-state index contributed by atoms with van der Waals surface area (Å²) >= 11 is 0. The third kappa shape index (κ3) is 3.18. The number of pyridine rings is 1. The molecule has 0 fully saturated rings. The Hall–Kier alpha value is -1.47. The van der Waals surface area contributed by atoms with Crippen molar-refractivity contribution in [1.29, 1.82) is 0 Å². The molecule has 0 saturated heterocycles. The largest absolute Gasteiger partial charge is 0.449 e. The van der Waals surface area contributed by atoms with Crippen LogP contribution in [-0.2, 0) is 14.6 Å². The van der Waals surface area contributed by atoms with Crippen LogP contribution in [0.15, 0.2) is 24.5 Å². The van der Waals surface area contributed by atoms with Crippen LogP contribution in [0.3, 0.4) is 0 Å². The van der Waals surface area contributed by atoms with Crippen LogP contribution in [-0.4, -0.2) is 23.9 Å². The number of hydrogen-bond donors (Lipinski definition) is 1. The van der Waals surface area contributed by atoms with Crippen molar-refractivity contribution < 1.29 is 21.9 Å². The fraction of sp³-hybridized carbons (Fsp3) is 0. The number of nitrogens with zero attached hydrogens (tertiary/aromatic N) is 1. The first-order chi connectivity index (χ1) is 5.99. The van der Waals surface area contributed by atoms with Crippen molar-refractivity contribution in [2.24, 2.45) is 0 Å². The van der Waals surface area contributed by atoms with Gasteiger partial charge in [0, 0.05) is 12.4 Å². The fourth-order valence-electron chi connectivity index (χ4n) is 0.627. The van der Waals surface area contributed by atoms with Gasteiger partial charge in [0.15, 0.2) is 0 Å². The number of rotatable bonds is 2. The van der Waals surface area contributed by atoms with Gasteiger partial charge in [0.1, 0.15) is 0 Å². The maximum atomic E-state index is 10.9. The van der Waals surface area contributed by atoms with Crippen LogP contribution in [0.1, 0.15) is 10.4 Å². The van der Waals surface area contributed by atoms with Crippen molar-refractivity contribution in [1.82, 2.24) is 4.98 Å². The fourth-order valence-corrected chi connectivity index (χ4v) is 0.915. The SMILES string of the molecule is O=C(OS(=O)(=O)O)c1cccnc1. The van der Waals surface area contributed by atoms with Crippen molar-refractivity contribution in [3.63, 3.8) is 0 Å². The second kappa shape index (κ2) is 3.50. The Bertz CT molecular complexity index is 398. The van der Waals surface area contributed by atoms with Crippen LogP contribution < -0.4 is 0 Å². The van der Waals surface area contributed by atoms with Gasteiger partial charge in [-0.25, -0.2) is 4.79 Å². The molecule has 1 rings (SSSR count). The van der Waals surface area contributed by atoms with Crippen LogP contribution in [0.5, 0.6) is 0 Å². The standard InChI is InChI=1S/C6H5NO5S/c8-6(12-13(9,10)11)5-2-1-3-7-4-5/h1-4H,(H,9,10,11). The van der Waals surface area contributed by atoms with Crippen molar-refractivity contribution in [2.75, 3.05) is 0 Å². The highest BCUT2D eigenvalue weighted by Crippen LogP contribution is 2.00. The van der Waals surface area contributed by atoms with Gasteiger partial charge < -0.3 is 4.18 Å². The molecule has 0 radical (unpaired) electrons. The van der Waals surface area contributed by atoms with E-state index in [0.717, 1.165) is 6.20 Å². The molecular formula is C6H5NO5S. The molecule has 6 nitrogen and oxygen atoms in total. The van der Waals surface area contributed by atoms with Crippen molar-refractivity contribution in [2.45, 2.75) is 0 Å². The Morgan fingerprint density at radius 1 is 1.54 bits per heavy atom. The summed E-state index contributed by atoms with van der Waals surface area (Å²) in [5.74, 6) is -1.17. The van der Waals surface area contributed by atoms with E-state index in [2.05, 4.69) is 9.17 Å². The highest BCUT2D eigenvalue weighted by molar-refractivity contribution is 7.81. The summed E-state index contributed by atoms with van der Waals surface area (Å²) in [7, 11) is -4.75. The smallest absolute Gasteiger partial charge is 0.320 e. The summed E-state index contributed by atoms with van der Waals surface area (Å²) in [6.07, 6.45) is 2.53. The highest BCUT2D eigenvalue weighted by atomic mass is 32.3. The maximum absolute atomic E-state index is 10.9. The number of aromatic nitrogens is 1. The predicted molar refractivity (Wildman–Crippen MR) is 41.2 cm³/mol. The summed E-state index contributed by atoms with van der Waals surface area (Å²) in [4.78, 5) is 14.4. The second-order valence-corrected chi connectivity index (χ2v) is 3.06. The first-order valence-electron chi connectivity index (χ1n) is 3.10. The molecule has 1 aromatic rings. The third-order valence-electron chi connectivity index (χ3n) is 1.08. The van der Waals surface area contributed by atoms with Gasteiger partial charge in [-0.3, -0.25) is 9.54 Å². The van der Waals surface area contributed by atoms with Gasteiger partial charge in [-0.05, 0) is 12.1 Å². The average molecular weight is 203 g/mol. The average Bonchev–Trinajstić information content (AvgIpc) is 2.03. The Morgan fingerprint density at radius 2 is 2.23 bits per heavy atom. The van der Waals surface area contributed by atoms with Crippen molar-refractivity contribution in [3.05, 3.63) is 30.1 Å². The van der Waals surface area contributed by atoms with Crippen LogP contribution >= 0.6 is 0 Å². The lowest BCUT2D eigenvalue weighted by molar-refractivity contribution is 0.0727. The molecule has 0 saturated carbocycles. The Kier molecular flexibility index (Phi) is 2.59. The Morgan fingerprint density at radius 3 is 2.69 bits per heavy atom. The zero-order chi connectivity index (χ0) is 9.90. The van der Waals surface area contributed by atoms with Crippen LogP contribution in [0.25, 0.3) is 0 Å². The molecule has 70 valence electrons. The molecule has 13 heavy (non-hydrogen) atoms. The summed E-state index contributed by atoms with van der Waals surface area (Å²) in [5, 5.41) is 0. The monoisotopic (exact) mass is 203 g/mol. The molecule has 0 aliphatic carbocycles. The highest BCUT2D eigenvalue weighted by Gasteiger charge is 2.14. The van der Waals surface area contributed by atoms with Gasteiger partial charge >= 0.3 is 16.4 Å². The first kappa shape index (κ1) is 9.62. The molecule has 0 aliphatic heterocycles.